The second-order valence-corrected chi connectivity index (χ2v) is 5.27. The van der Waals surface area contributed by atoms with Crippen molar-refractivity contribution < 1.29 is 9.53 Å². The summed E-state index contributed by atoms with van der Waals surface area (Å²) in [5, 5.41) is 6.31. The van der Waals surface area contributed by atoms with E-state index >= 15 is 0 Å². The van der Waals surface area contributed by atoms with E-state index in [9.17, 15) is 4.79 Å². The smallest absolute Gasteiger partial charge is 0.237 e. The molecule has 0 spiro atoms. The van der Waals surface area contributed by atoms with Crippen LogP contribution in [-0.4, -0.2) is 38.3 Å². The molecule has 106 valence electrons. The number of hydrogen-bond acceptors (Lipinski definition) is 3. The summed E-state index contributed by atoms with van der Waals surface area (Å²) in [5.74, 6) is 0.836. The number of methoxy groups -OCH3 is 1. The lowest BCUT2D eigenvalue weighted by molar-refractivity contribution is -0.123. The molecule has 1 aliphatic carbocycles. The molecule has 2 N–H and O–H groups in total. The molecule has 0 radical (unpaired) electrons. The minimum atomic E-state index is 0. The number of carbonyl (C=O) groups excluding carboxylic acids is 1. The van der Waals surface area contributed by atoms with Crippen LogP contribution in [-0.2, 0) is 9.53 Å². The highest BCUT2D eigenvalue weighted by atomic mass is 35.5. The van der Waals surface area contributed by atoms with Crippen LogP contribution in [0.25, 0.3) is 0 Å². The summed E-state index contributed by atoms with van der Waals surface area (Å²) in [7, 11) is 1.79. The fraction of sp³-hybridized carbons (Fsp3) is 0.923. The molecule has 1 saturated carbocycles. The van der Waals surface area contributed by atoms with Gasteiger partial charge < -0.3 is 15.4 Å². The minimum Gasteiger partial charge on any atom is -0.381 e. The molecule has 0 aromatic rings. The topological polar surface area (TPSA) is 50.4 Å². The number of carbonyl (C=O) groups is 1. The van der Waals surface area contributed by atoms with Crippen molar-refractivity contribution in [1.82, 2.24) is 10.6 Å². The van der Waals surface area contributed by atoms with Gasteiger partial charge in [-0.25, -0.2) is 0 Å². The Labute approximate surface area is 116 Å². The summed E-state index contributed by atoms with van der Waals surface area (Å²) in [6.07, 6.45) is 7.18. The normalized spacial score (nSPS) is 31.7. The van der Waals surface area contributed by atoms with Crippen molar-refractivity contribution in [3.05, 3.63) is 0 Å². The van der Waals surface area contributed by atoms with Gasteiger partial charge in [0.15, 0.2) is 0 Å². The molecule has 2 fully saturated rings. The molecule has 2 rings (SSSR count). The molecule has 2 aliphatic rings. The van der Waals surface area contributed by atoms with Gasteiger partial charge in [-0.05, 0) is 51.0 Å². The van der Waals surface area contributed by atoms with E-state index in [0.29, 0.717) is 12.0 Å². The maximum Gasteiger partial charge on any atom is 0.237 e. The summed E-state index contributed by atoms with van der Waals surface area (Å²) in [5.41, 5.74) is 0. The van der Waals surface area contributed by atoms with Gasteiger partial charge in [-0.15, -0.1) is 12.4 Å². The van der Waals surface area contributed by atoms with E-state index in [0.717, 1.165) is 38.8 Å². The first-order chi connectivity index (χ1) is 8.29. The Hall–Kier alpha value is -0.320. The molecule has 1 saturated heterocycles. The van der Waals surface area contributed by atoms with Gasteiger partial charge in [0.1, 0.15) is 0 Å². The SMILES string of the molecule is COC1CCC(CNC(=O)C2CCCN2)CC1.Cl. The minimum absolute atomic E-state index is 0. The number of nitrogens with one attached hydrogen (secondary N) is 2. The van der Waals surface area contributed by atoms with Crippen molar-refractivity contribution in [2.75, 3.05) is 20.2 Å². The number of halogens is 1. The fourth-order valence-corrected chi connectivity index (χ4v) is 2.85. The predicted molar refractivity (Wildman–Crippen MR) is 74.0 cm³/mol. The molecule has 4 nitrogen and oxygen atoms in total. The summed E-state index contributed by atoms with van der Waals surface area (Å²) >= 11 is 0. The van der Waals surface area contributed by atoms with Gasteiger partial charge >= 0.3 is 0 Å². The van der Waals surface area contributed by atoms with Gasteiger partial charge in [-0.1, -0.05) is 0 Å². The van der Waals surface area contributed by atoms with Gasteiger partial charge in [0.05, 0.1) is 12.1 Å². The Bertz CT molecular complexity index is 249. The van der Waals surface area contributed by atoms with Gasteiger partial charge in [-0.2, -0.15) is 0 Å². The lowest BCUT2D eigenvalue weighted by Gasteiger charge is -2.27. The van der Waals surface area contributed by atoms with Crippen molar-refractivity contribution >= 4 is 18.3 Å². The van der Waals surface area contributed by atoms with E-state index in [1.54, 1.807) is 7.11 Å². The van der Waals surface area contributed by atoms with Crippen LogP contribution in [0, 0.1) is 5.92 Å². The maximum absolute atomic E-state index is 11.8. The molecule has 0 aromatic carbocycles. The van der Waals surface area contributed by atoms with Crippen LogP contribution in [0.3, 0.4) is 0 Å². The first-order valence-corrected chi connectivity index (χ1v) is 6.83. The summed E-state index contributed by atoms with van der Waals surface area (Å²) in [6, 6.07) is 0.0605. The molecule has 1 aliphatic heterocycles. The Morgan fingerprint density at radius 3 is 2.56 bits per heavy atom. The predicted octanol–water partition coefficient (Wildman–Crippen LogP) is 1.48. The largest absolute Gasteiger partial charge is 0.381 e. The molecule has 1 heterocycles. The maximum atomic E-state index is 11.8. The van der Waals surface area contributed by atoms with Crippen molar-refractivity contribution in [2.24, 2.45) is 5.92 Å². The standard InChI is InChI=1S/C13H24N2O2.ClH/c1-17-11-6-4-10(5-7-11)9-15-13(16)12-3-2-8-14-12;/h10-12,14H,2-9H2,1H3,(H,15,16);1H. The third kappa shape index (κ3) is 4.41. The van der Waals surface area contributed by atoms with E-state index in [-0.39, 0.29) is 24.4 Å². The van der Waals surface area contributed by atoms with Gasteiger partial charge in [0, 0.05) is 13.7 Å². The Kier molecular flexibility index (Phi) is 6.97. The summed E-state index contributed by atoms with van der Waals surface area (Å²) in [4.78, 5) is 11.8. The van der Waals surface area contributed by atoms with Crippen LogP contribution in [0.5, 0.6) is 0 Å². The fourth-order valence-electron chi connectivity index (χ4n) is 2.85. The van der Waals surface area contributed by atoms with E-state index in [1.807, 2.05) is 0 Å². The summed E-state index contributed by atoms with van der Waals surface area (Å²) in [6.45, 7) is 1.82. The molecule has 1 atom stereocenters. The molecular weight excluding hydrogens is 252 g/mol. The highest BCUT2D eigenvalue weighted by molar-refractivity contribution is 5.85. The monoisotopic (exact) mass is 276 g/mol. The highest BCUT2D eigenvalue weighted by Gasteiger charge is 2.24. The quantitative estimate of drug-likeness (QED) is 0.818. The Balaban J connectivity index is 0.00000162. The van der Waals surface area contributed by atoms with Gasteiger partial charge in [-0.3, -0.25) is 4.79 Å². The third-order valence-electron chi connectivity index (χ3n) is 4.07. The van der Waals surface area contributed by atoms with Crippen molar-refractivity contribution in [1.29, 1.82) is 0 Å². The van der Waals surface area contributed by atoms with Crippen molar-refractivity contribution in [3.8, 4) is 0 Å². The zero-order valence-electron chi connectivity index (χ0n) is 11.1. The van der Waals surface area contributed by atoms with Crippen LogP contribution < -0.4 is 10.6 Å². The van der Waals surface area contributed by atoms with E-state index in [2.05, 4.69) is 10.6 Å². The zero-order chi connectivity index (χ0) is 12.1. The highest BCUT2D eigenvalue weighted by Crippen LogP contribution is 2.25. The molecule has 1 amide bonds. The van der Waals surface area contributed by atoms with Gasteiger partial charge in [0.2, 0.25) is 5.91 Å². The summed E-state index contributed by atoms with van der Waals surface area (Å²) < 4.78 is 5.35. The van der Waals surface area contributed by atoms with Crippen LogP contribution >= 0.6 is 12.4 Å². The van der Waals surface area contributed by atoms with Crippen LogP contribution in [0.2, 0.25) is 0 Å². The number of hydrogen-bond donors (Lipinski definition) is 2. The van der Waals surface area contributed by atoms with E-state index in [4.69, 9.17) is 4.74 Å². The lowest BCUT2D eigenvalue weighted by Crippen LogP contribution is -2.42. The molecular formula is C13H25ClN2O2. The second kappa shape index (κ2) is 7.97. The molecule has 18 heavy (non-hydrogen) atoms. The van der Waals surface area contributed by atoms with Gasteiger partial charge in [0.25, 0.3) is 0 Å². The van der Waals surface area contributed by atoms with Crippen LogP contribution in [0.1, 0.15) is 38.5 Å². The number of rotatable bonds is 4. The molecule has 0 bridgehead atoms. The van der Waals surface area contributed by atoms with E-state index in [1.165, 1.54) is 12.8 Å². The van der Waals surface area contributed by atoms with Crippen LogP contribution in [0.15, 0.2) is 0 Å². The molecule has 5 heteroatoms. The molecule has 1 unspecified atom stereocenters. The third-order valence-corrected chi connectivity index (χ3v) is 4.07. The Morgan fingerprint density at radius 2 is 2.00 bits per heavy atom. The first kappa shape index (κ1) is 15.7. The van der Waals surface area contributed by atoms with E-state index < -0.39 is 0 Å². The average Bonchev–Trinajstić information content (AvgIpc) is 2.90. The lowest BCUT2D eigenvalue weighted by atomic mass is 9.87. The average molecular weight is 277 g/mol. The second-order valence-electron chi connectivity index (χ2n) is 5.27. The number of amides is 1. The van der Waals surface area contributed by atoms with Crippen molar-refractivity contribution in [3.63, 3.8) is 0 Å². The first-order valence-electron chi connectivity index (χ1n) is 6.83. The zero-order valence-corrected chi connectivity index (χ0v) is 11.9. The number of ether oxygens (including phenoxy) is 1. The van der Waals surface area contributed by atoms with Crippen LogP contribution in [0.4, 0.5) is 0 Å². The molecule has 0 aromatic heterocycles. The van der Waals surface area contributed by atoms with Crippen molar-refractivity contribution in [2.45, 2.75) is 50.7 Å². The Morgan fingerprint density at radius 1 is 1.28 bits per heavy atom.